The molecule has 0 fully saturated rings. The standard InChI is InChI=1S/C31H38F8O7Si/c1-6-44-47(45-7-2,46-8-3)17-13-16-42-30-27(38)23(34)20(24(35)28(30)39)19-21(32)25(36)29(26(37)22(19)33)41-14-11-9-10-12-15-43-31(40)18(4)5/h4,6-17H2,1-3,5H3. The first kappa shape index (κ1) is 40.0. The predicted octanol–water partition coefficient (Wildman–Crippen LogP) is 8.34. The van der Waals surface area contributed by atoms with Crippen LogP contribution >= 0.6 is 0 Å². The Morgan fingerprint density at radius 3 is 1.30 bits per heavy atom. The van der Waals surface area contributed by atoms with Gasteiger partial charge in [0.15, 0.2) is 34.8 Å². The Balaban J connectivity index is 2.19. The number of benzene rings is 2. The van der Waals surface area contributed by atoms with Gasteiger partial charge in [-0.05, 0) is 59.8 Å². The molecule has 7 nitrogen and oxygen atoms in total. The minimum absolute atomic E-state index is 0.00209. The fourth-order valence-corrected chi connectivity index (χ4v) is 6.98. The van der Waals surface area contributed by atoms with E-state index in [2.05, 4.69) is 6.58 Å². The zero-order valence-electron chi connectivity index (χ0n) is 26.6. The number of halogens is 8. The van der Waals surface area contributed by atoms with E-state index in [1.807, 2.05) is 0 Å². The number of carbonyl (C=O) groups is 1. The lowest BCUT2D eigenvalue weighted by Gasteiger charge is -2.28. The smallest absolute Gasteiger partial charge is 0.487 e. The van der Waals surface area contributed by atoms with Crippen LogP contribution in [0, 0.1) is 46.5 Å². The molecule has 0 aliphatic carbocycles. The highest BCUT2D eigenvalue weighted by atomic mass is 28.4. The summed E-state index contributed by atoms with van der Waals surface area (Å²) in [6, 6.07) is 0.116. The summed E-state index contributed by atoms with van der Waals surface area (Å²) in [7, 11) is -3.19. The van der Waals surface area contributed by atoms with E-state index in [0.29, 0.717) is 19.3 Å². The van der Waals surface area contributed by atoms with Gasteiger partial charge in [-0.25, -0.2) is 22.4 Å². The summed E-state index contributed by atoms with van der Waals surface area (Å²) in [6.45, 7) is 9.95. The Morgan fingerprint density at radius 1 is 0.574 bits per heavy atom. The Hall–Kier alpha value is -3.21. The summed E-state index contributed by atoms with van der Waals surface area (Å²) in [5.74, 6) is -21.7. The molecule has 47 heavy (non-hydrogen) atoms. The normalized spacial score (nSPS) is 11.6. The van der Waals surface area contributed by atoms with E-state index in [1.165, 1.54) is 6.92 Å². The van der Waals surface area contributed by atoms with E-state index in [9.17, 15) is 31.1 Å². The number of hydrogen-bond acceptors (Lipinski definition) is 7. The molecule has 0 heterocycles. The molecule has 0 saturated carbocycles. The average Bonchev–Trinajstić information content (AvgIpc) is 3.03. The Kier molecular flexibility index (Phi) is 16.1. The van der Waals surface area contributed by atoms with E-state index >= 15 is 8.78 Å². The van der Waals surface area contributed by atoms with Crippen molar-refractivity contribution in [3.63, 3.8) is 0 Å². The van der Waals surface area contributed by atoms with Crippen LogP contribution in [0.5, 0.6) is 11.5 Å². The lowest BCUT2D eigenvalue weighted by Crippen LogP contribution is -2.46. The number of esters is 1. The molecule has 2 aromatic carbocycles. The van der Waals surface area contributed by atoms with Crippen molar-refractivity contribution < 1.29 is 67.4 Å². The highest BCUT2D eigenvalue weighted by Crippen LogP contribution is 2.41. The van der Waals surface area contributed by atoms with Crippen LogP contribution < -0.4 is 9.47 Å². The van der Waals surface area contributed by atoms with Crippen LogP contribution in [0.2, 0.25) is 6.04 Å². The second kappa shape index (κ2) is 19.0. The zero-order chi connectivity index (χ0) is 35.3. The SMILES string of the molecule is C=C(C)C(=O)OCCCCCCOc1c(F)c(F)c(-c2c(F)c(F)c(OCCC[Si](OCC)(OCC)OCC)c(F)c2F)c(F)c1F. The van der Waals surface area contributed by atoms with Crippen LogP contribution in [0.4, 0.5) is 35.1 Å². The summed E-state index contributed by atoms with van der Waals surface area (Å²) in [4.78, 5) is 11.3. The molecular formula is C31H38F8O7Si. The van der Waals surface area contributed by atoms with Crippen LogP contribution in [0.1, 0.15) is 59.8 Å². The first-order valence-corrected chi connectivity index (χ1v) is 16.9. The molecule has 0 N–H and O–H groups in total. The van der Waals surface area contributed by atoms with Crippen molar-refractivity contribution in [3.8, 4) is 22.6 Å². The minimum atomic E-state index is -3.19. The number of unbranched alkanes of at least 4 members (excludes halogenated alkanes) is 3. The monoisotopic (exact) mass is 702 g/mol. The first-order chi connectivity index (χ1) is 22.3. The molecule has 0 saturated heterocycles. The van der Waals surface area contributed by atoms with Crippen LogP contribution in [0.3, 0.4) is 0 Å². The maximum Gasteiger partial charge on any atom is 0.501 e. The molecule has 0 bridgehead atoms. The molecule has 264 valence electrons. The minimum Gasteiger partial charge on any atom is -0.487 e. The second-order valence-electron chi connectivity index (χ2n) is 10.0. The third-order valence-corrected chi connectivity index (χ3v) is 9.68. The van der Waals surface area contributed by atoms with E-state index in [0.717, 1.165) is 0 Å². The third kappa shape index (κ3) is 10.1. The number of rotatable bonds is 21. The summed E-state index contributed by atoms with van der Waals surface area (Å²) < 4.78 is 151. The summed E-state index contributed by atoms with van der Waals surface area (Å²) in [5, 5.41) is 0. The molecule has 0 unspecified atom stereocenters. The summed E-state index contributed by atoms with van der Waals surface area (Å²) in [6.07, 6.45) is 1.53. The van der Waals surface area contributed by atoms with E-state index in [4.69, 9.17) is 27.5 Å². The zero-order valence-corrected chi connectivity index (χ0v) is 27.6. The highest BCUT2D eigenvalue weighted by molar-refractivity contribution is 6.60. The quantitative estimate of drug-likeness (QED) is 0.0324. The van der Waals surface area contributed by atoms with Gasteiger partial charge in [0.1, 0.15) is 0 Å². The van der Waals surface area contributed by atoms with Crippen molar-refractivity contribution in [3.05, 3.63) is 58.7 Å². The van der Waals surface area contributed by atoms with Gasteiger partial charge in [-0.2, -0.15) is 17.6 Å². The molecular weight excluding hydrogens is 664 g/mol. The maximum atomic E-state index is 15.0. The van der Waals surface area contributed by atoms with Crippen molar-refractivity contribution >= 4 is 14.8 Å². The number of ether oxygens (including phenoxy) is 3. The van der Waals surface area contributed by atoms with Gasteiger partial charge in [0.2, 0.25) is 23.3 Å². The third-order valence-electron chi connectivity index (χ3n) is 6.53. The molecule has 2 aromatic rings. The Labute approximate surface area is 269 Å². The fourth-order valence-electron chi connectivity index (χ4n) is 4.40. The Bertz CT molecular complexity index is 1320. The molecule has 0 atom stereocenters. The van der Waals surface area contributed by atoms with Gasteiger partial charge in [0.05, 0.1) is 30.9 Å². The van der Waals surface area contributed by atoms with E-state index < -0.39 is 97.2 Å². The molecule has 0 aromatic heterocycles. The number of carbonyl (C=O) groups excluding carboxylic acids is 1. The van der Waals surface area contributed by atoms with Gasteiger partial charge >= 0.3 is 14.8 Å². The van der Waals surface area contributed by atoms with Crippen molar-refractivity contribution in [2.45, 2.75) is 65.8 Å². The van der Waals surface area contributed by atoms with Gasteiger partial charge in [0.25, 0.3) is 0 Å². The topological polar surface area (TPSA) is 72.5 Å². The lowest BCUT2D eigenvalue weighted by atomic mass is 10.0. The molecule has 0 amide bonds. The van der Waals surface area contributed by atoms with Crippen molar-refractivity contribution in [2.75, 3.05) is 39.6 Å². The van der Waals surface area contributed by atoms with Gasteiger partial charge in [-0.1, -0.05) is 6.58 Å². The molecule has 0 aliphatic heterocycles. The van der Waals surface area contributed by atoms with Gasteiger partial charge in [0, 0.05) is 31.4 Å². The largest absolute Gasteiger partial charge is 0.501 e. The van der Waals surface area contributed by atoms with Crippen molar-refractivity contribution in [2.24, 2.45) is 0 Å². The first-order valence-electron chi connectivity index (χ1n) is 15.0. The van der Waals surface area contributed by atoms with Crippen LogP contribution in [0.25, 0.3) is 11.1 Å². The fraction of sp³-hybridized carbons (Fsp3) is 0.516. The van der Waals surface area contributed by atoms with Crippen LogP contribution in [0.15, 0.2) is 12.2 Å². The molecule has 0 radical (unpaired) electrons. The molecule has 0 aliphatic rings. The van der Waals surface area contributed by atoms with E-state index in [-0.39, 0.29) is 50.9 Å². The predicted molar refractivity (Wildman–Crippen MR) is 157 cm³/mol. The van der Waals surface area contributed by atoms with Crippen molar-refractivity contribution in [1.82, 2.24) is 0 Å². The molecule has 0 spiro atoms. The summed E-state index contributed by atoms with van der Waals surface area (Å²) >= 11 is 0. The molecule has 2 rings (SSSR count). The van der Waals surface area contributed by atoms with Gasteiger partial charge < -0.3 is 27.5 Å². The molecule has 16 heteroatoms. The van der Waals surface area contributed by atoms with E-state index in [1.54, 1.807) is 20.8 Å². The van der Waals surface area contributed by atoms with Crippen molar-refractivity contribution in [1.29, 1.82) is 0 Å². The van der Waals surface area contributed by atoms with Gasteiger partial charge in [-0.15, -0.1) is 0 Å². The highest BCUT2D eigenvalue weighted by Gasteiger charge is 2.40. The van der Waals surface area contributed by atoms with Crippen LogP contribution in [-0.2, 0) is 22.8 Å². The Morgan fingerprint density at radius 2 is 0.936 bits per heavy atom. The second-order valence-corrected chi connectivity index (χ2v) is 12.8. The maximum absolute atomic E-state index is 15.0. The average molecular weight is 703 g/mol. The van der Waals surface area contributed by atoms with Crippen LogP contribution in [-0.4, -0.2) is 54.4 Å². The summed E-state index contributed by atoms with van der Waals surface area (Å²) in [5.41, 5.74) is -3.81. The van der Waals surface area contributed by atoms with Gasteiger partial charge in [-0.3, -0.25) is 0 Å². The number of hydrogen-bond donors (Lipinski definition) is 0. The lowest BCUT2D eigenvalue weighted by molar-refractivity contribution is -0.139.